The van der Waals surface area contributed by atoms with E-state index in [1.54, 1.807) is 0 Å². The molecule has 9 rings (SSSR count). The summed E-state index contributed by atoms with van der Waals surface area (Å²) < 4.78 is 6.34. The van der Waals surface area contributed by atoms with E-state index in [9.17, 15) is 0 Å². The van der Waals surface area contributed by atoms with Gasteiger partial charge in [0.1, 0.15) is 11.2 Å². The summed E-state index contributed by atoms with van der Waals surface area (Å²) in [6.07, 6.45) is 2.31. The zero-order valence-electron chi connectivity index (χ0n) is 25.4. The molecule has 46 heavy (non-hydrogen) atoms. The molecule has 1 atom stereocenters. The highest BCUT2D eigenvalue weighted by Crippen LogP contribution is 2.43. The largest absolute Gasteiger partial charge is 0.455 e. The fraction of sp³-hybridized carbons (Fsp3) is 0.0465. The van der Waals surface area contributed by atoms with Crippen LogP contribution < -0.4 is 5.32 Å². The lowest BCUT2D eigenvalue weighted by atomic mass is 9.89. The SMILES string of the molecule is CC1C=C(c2ccccc2)c2ccc3c(-c4ccccc4)cc(-c4ccc(-c5cccc6c5oc5ccccc56)cc4)nc3c2N1. The van der Waals surface area contributed by atoms with Gasteiger partial charge in [-0.3, -0.25) is 0 Å². The lowest BCUT2D eigenvalue weighted by Gasteiger charge is -2.26. The van der Waals surface area contributed by atoms with Gasteiger partial charge in [0.2, 0.25) is 0 Å². The van der Waals surface area contributed by atoms with Crippen LogP contribution in [-0.2, 0) is 0 Å². The number of fused-ring (bicyclic) bond motifs is 6. The Balaban J connectivity index is 1.21. The summed E-state index contributed by atoms with van der Waals surface area (Å²) in [6, 6.07) is 51.5. The highest BCUT2D eigenvalue weighted by atomic mass is 16.3. The minimum Gasteiger partial charge on any atom is -0.455 e. The van der Waals surface area contributed by atoms with E-state index in [2.05, 4.69) is 152 Å². The van der Waals surface area contributed by atoms with Crippen molar-refractivity contribution in [2.45, 2.75) is 13.0 Å². The second-order valence-electron chi connectivity index (χ2n) is 12.0. The van der Waals surface area contributed by atoms with Crippen molar-refractivity contribution in [2.24, 2.45) is 0 Å². The zero-order chi connectivity index (χ0) is 30.6. The molecule has 6 aromatic carbocycles. The summed E-state index contributed by atoms with van der Waals surface area (Å²) >= 11 is 0. The highest BCUT2D eigenvalue weighted by molar-refractivity contribution is 6.10. The van der Waals surface area contributed by atoms with E-state index in [1.165, 1.54) is 27.8 Å². The summed E-state index contributed by atoms with van der Waals surface area (Å²) in [7, 11) is 0. The second kappa shape index (κ2) is 10.6. The Morgan fingerprint density at radius 2 is 1.22 bits per heavy atom. The van der Waals surface area contributed by atoms with E-state index in [1.807, 2.05) is 12.1 Å². The minimum absolute atomic E-state index is 0.166. The number of furan rings is 1. The summed E-state index contributed by atoms with van der Waals surface area (Å²) in [5.74, 6) is 0. The molecule has 3 nitrogen and oxygen atoms in total. The Bertz CT molecular complexity index is 2440. The number of nitrogens with zero attached hydrogens (tertiary/aromatic N) is 1. The molecule has 0 radical (unpaired) electrons. The summed E-state index contributed by atoms with van der Waals surface area (Å²) in [6.45, 7) is 2.20. The van der Waals surface area contributed by atoms with Crippen molar-refractivity contribution in [3.8, 4) is 33.5 Å². The van der Waals surface area contributed by atoms with Gasteiger partial charge in [-0.15, -0.1) is 0 Å². The third-order valence-corrected chi connectivity index (χ3v) is 9.13. The first-order chi connectivity index (χ1) is 22.7. The number of benzene rings is 6. The van der Waals surface area contributed by atoms with Gasteiger partial charge in [-0.05, 0) is 46.9 Å². The van der Waals surface area contributed by atoms with Crippen LogP contribution in [0.4, 0.5) is 5.69 Å². The van der Waals surface area contributed by atoms with Crippen molar-refractivity contribution in [3.05, 3.63) is 163 Å². The van der Waals surface area contributed by atoms with Crippen LogP contribution >= 0.6 is 0 Å². The van der Waals surface area contributed by atoms with Gasteiger partial charge in [-0.2, -0.15) is 0 Å². The first kappa shape index (κ1) is 26.5. The first-order valence-electron chi connectivity index (χ1n) is 15.8. The van der Waals surface area contributed by atoms with Crippen LogP contribution in [0.1, 0.15) is 18.1 Å². The molecule has 218 valence electrons. The number of pyridine rings is 1. The summed E-state index contributed by atoms with van der Waals surface area (Å²) in [5.41, 5.74) is 14.1. The Morgan fingerprint density at radius 1 is 0.543 bits per heavy atom. The van der Waals surface area contributed by atoms with Gasteiger partial charge >= 0.3 is 0 Å². The van der Waals surface area contributed by atoms with Crippen molar-refractivity contribution < 1.29 is 4.42 Å². The van der Waals surface area contributed by atoms with Crippen LogP contribution in [0, 0.1) is 0 Å². The van der Waals surface area contributed by atoms with E-state index in [-0.39, 0.29) is 6.04 Å². The van der Waals surface area contributed by atoms with Crippen LogP contribution in [0.3, 0.4) is 0 Å². The van der Waals surface area contributed by atoms with Crippen molar-refractivity contribution in [1.29, 1.82) is 0 Å². The fourth-order valence-electron chi connectivity index (χ4n) is 6.94. The van der Waals surface area contributed by atoms with Crippen molar-refractivity contribution in [1.82, 2.24) is 4.98 Å². The van der Waals surface area contributed by atoms with Crippen molar-refractivity contribution in [3.63, 3.8) is 0 Å². The number of rotatable bonds is 4. The van der Waals surface area contributed by atoms with Gasteiger partial charge in [-0.1, -0.05) is 140 Å². The maximum Gasteiger partial charge on any atom is 0.143 e. The number of anilines is 1. The number of aromatic nitrogens is 1. The molecule has 3 heteroatoms. The molecule has 3 heterocycles. The average Bonchev–Trinajstić information content (AvgIpc) is 3.51. The standard InChI is InChI=1S/C43H30N2O/c1-27-25-37(28-11-4-2-5-12-28)34-23-24-35-38(29-13-6-3-7-14-29)26-39(45-42(35)41(34)44-27)31-21-19-30(20-22-31)32-16-10-17-36-33-15-8-9-18-40(33)46-43(32)36/h2-27,44H,1H3. The van der Waals surface area contributed by atoms with E-state index in [4.69, 9.17) is 9.40 Å². The van der Waals surface area contributed by atoms with Gasteiger partial charge in [0.05, 0.1) is 16.9 Å². The lowest BCUT2D eigenvalue weighted by molar-refractivity contribution is 0.670. The third kappa shape index (κ3) is 4.32. The molecule has 0 aliphatic carbocycles. The normalized spacial score (nSPS) is 14.3. The molecule has 2 aromatic heterocycles. The molecule has 0 bridgehead atoms. The lowest BCUT2D eigenvalue weighted by Crippen LogP contribution is -2.19. The summed E-state index contributed by atoms with van der Waals surface area (Å²) in [4.78, 5) is 5.38. The Hall–Kier alpha value is -5.93. The smallest absolute Gasteiger partial charge is 0.143 e. The molecule has 0 fully saturated rings. The topological polar surface area (TPSA) is 38.1 Å². The molecular weight excluding hydrogens is 560 g/mol. The van der Waals surface area contributed by atoms with Gasteiger partial charge in [0, 0.05) is 38.9 Å². The van der Waals surface area contributed by atoms with Gasteiger partial charge < -0.3 is 9.73 Å². The van der Waals surface area contributed by atoms with E-state index >= 15 is 0 Å². The molecule has 0 amide bonds. The zero-order valence-corrected chi connectivity index (χ0v) is 25.4. The fourth-order valence-corrected chi connectivity index (χ4v) is 6.94. The Kier molecular flexibility index (Phi) is 6.10. The first-order valence-corrected chi connectivity index (χ1v) is 15.8. The predicted molar refractivity (Wildman–Crippen MR) is 192 cm³/mol. The monoisotopic (exact) mass is 590 g/mol. The second-order valence-corrected chi connectivity index (χ2v) is 12.0. The molecule has 1 aliphatic rings. The van der Waals surface area contributed by atoms with Crippen LogP contribution in [0.5, 0.6) is 0 Å². The van der Waals surface area contributed by atoms with Crippen LogP contribution in [-0.4, -0.2) is 11.0 Å². The third-order valence-electron chi connectivity index (χ3n) is 9.13. The quantitative estimate of drug-likeness (QED) is 0.222. The van der Waals surface area contributed by atoms with Crippen molar-refractivity contribution in [2.75, 3.05) is 5.32 Å². The Labute approximate surface area is 267 Å². The molecule has 0 saturated heterocycles. The number of nitrogens with one attached hydrogen (secondary N) is 1. The van der Waals surface area contributed by atoms with Crippen LogP contribution in [0.15, 0.2) is 156 Å². The average molecular weight is 591 g/mol. The molecule has 1 N–H and O–H groups in total. The maximum absolute atomic E-state index is 6.34. The molecule has 1 unspecified atom stereocenters. The number of para-hydroxylation sites is 2. The predicted octanol–water partition coefficient (Wildman–Crippen LogP) is 11.4. The van der Waals surface area contributed by atoms with Crippen molar-refractivity contribution >= 4 is 44.1 Å². The van der Waals surface area contributed by atoms with Crippen LogP contribution in [0.2, 0.25) is 0 Å². The molecule has 8 aromatic rings. The van der Waals surface area contributed by atoms with Gasteiger partial charge in [-0.25, -0.2) is 4.98 Å². The number of hydrogen-bond acceptors (Lipinski definition) is 3. The van der Waals surface area contributed by atoms with E-state index in [0.717, 1.165) is 60.9 Å². The maximum atomic E-state index is 6.34. The van der Waals surface area contributed by atoms with Gasteiger partial charge in [0.25, 0.3) is 0 Å². The summed E-state index contributed by atoms with van der Waals surface area (Å²) in [5, 5.41) is 7.18. The van der Waals surface area contributed by atoms with Crippen LogP contribution in [0.25, 0.3) is 71.9 Å². The molecule has 1 aliphatic heterocycles. The molecule has 0 spiro atoms. The van der Waals surface area contributed by atoms with E-state index < -0.39 is 0 Å². The minimum atomic E-state index is 0.166. The molecular formula is C43H30N2O. The Morgan fingerprint density at radius 3 is 2.02 bits per heavy atom. The molecule has 0 saturated carbocycles. The highest BCUT2D eigenvalue weighted by Gasteiger charge is 2.23. The number of hydrogen-bond donors (Lipinski definition) is 1. The van der Waals surface area contributed by atoms with E-state index in [0.29, 0.717) is 0 Å². The van der Waals surface area contributed by atoms with Gasteiger partial charge in [0.15, 0.2) is 0 Å².